The maximum absolute atomic E-state index is 14.3. The molecule has 8 nitrogen and oxygen atoms in total. The predicted molar refractivity (Wildman–Crippen MR) is 162 cm³/mol. The summed E-state index contributed by atoms with van der Waals surface area (Å²) in [6.07, 6.45) is 0.976. The first-order valence-corrected chi connectivity index (χ1v) is 15.0. The van der Waals surface area contributed by atoms with E-state index < -0.39 is 5.82 Å². The summed E-state index contributed by atoms with van der Waals surface area (Å²) in [6, 6.07) is 19.6. The number of ether oxygens (including phenoxy) is 2. The largest absolute Gasteiger partial charge is 0.490 e. The first-order valence-electron chi connectivity index (χ1n) is 14.1. The van der Waals surface area contributed by atoms with Gasteiger partial charge in [0.2, 0.25) is 0 Å². The lowest BCUT2D eigenvalue weighted by atomic mass is 9.96. The van der Waals surface area contributed by atoms with Gasteiger partial charge in [0.15, 0.2) is 0 Å². The fraction of sp³-hybridized carbons (Fsp3) is 0.212. The molecule has 2 aliphatic rings. The van der Waals surface area contributed by atoms with Crippen molar-refractivity contribution in [2.75, 3.05) is 32.9 Å². The van der Waals surface area contributed by atoms with Crippen LogP contribution >= 0.6 is 11.3 Å². The minimum Gasteiger partial charge on any atom is -0.490 e. The summed E-state index contributed by atoms with van der Waals surface area (Å²) in [6.45, 7) is 2.45. The van der Waals surface area contributed by atoms with Crippen molar-refractivity contribution in [2.24, 2.45) is 0 Å². The van der Waals surface area contributed by atoms with E-state index >= 15 is 0 Å². The van der Waals surface area contributed by atoms with E-state index in [9.17, 15) is 14.0 Å². The van der Waals surface area contributed by atoms with Gasteiger partial charge in [0.1, 0.15) is 29.6 Å². The number of carbonyl (C=O) groups excluding carboxylic acids is 2. The van der Waals surface area contributed by atoms with Gasteiger partial charge in [-0.3, -0.25) is 14.5 Å². The molecular formula is C33H27FN4O4S. The second kappa shape index (κ2) is 11.6. The van der Waals surface area contributed by atoms with Crippen LogP contribution in [0.5, 0.6) is 5.75 Å². The van der Waals surface area contributed by atoms with Crippen LogP contribution in [0.2, 0.25) is 0 Å². The highest BCUT2D eigenvalue weighted by atomic mass is 32.1. The first kappa shape index (κ1) is 27.3. The Hall–Kier alpha value is -4.51. The number of rotatable bonds is 9. The summed E-state index contributed by atoms with van der Waals surface area (Å²) in [5.74, 6) is -0.732. The summed E-state index contributed by atoms with van der Waals surface area (Å²) < 4.78 is 26.9. The van der Waals surface area contributed by atoms with E-state index in [2.05, 4.69) is 33.7 Å². The van der Waals surface area contributed by atoms with Crippen LogP contribution in [-0.4, -0.2) is 59.8 Å². The number of hydrogen-bond donors (Lipinski definition) is 1. The number of halogens is 1. The van der Waals surface area contributed by atoms with Gasteiger partial charge in [-0.25, -0.2) is 4.39 Å². The first-order chi connectivity index (χ1) is 21.1. The van der Waals surface area contributed by atoms with Crippen molar-refractivity contribution in [3.8, 4) is 28.3 Å². The van der Waals surface area contributed by atoms with E-state index in [-0.39, 0.29) is 38.2 Å². The lowest BCUT2D eigenvalue weighted by Gasteiger charge is -2.18. The molecule has 0 unspecified atom stereocenters. The molecule has 2 amide bonds. The number of aromatic nitrogens is 2. The topological polar surface area (TPSA) is 93.7 Å². The summed E-state index contributed by atoms with van der Waals surface area (Å²) >= 11 is 1.56. The molecule has 0 aliphatic carbocycles. The molecule has 7 rings (SSSR count). The normalized spacial score (nSPS) is 14.3. The Labute approximate surface area is 251 Å². The van der Waals surface area contributed by atoms with Crippen LogP contribution in [0.4, 0.5) is 4.39 Å². The number of amides is 2. The number of fused-ring (bicyclic) bond motifs is 3. The lowest BCUT2D eigenvalue weighted by Crippen LogP contribution is -2.33. The Morgan fingerprint density at radius 3 is 2.51 bits per heavy atom. The van der Waals surface area contributed by atoms with Crippen molar-refractivity contribution in [3.05, 3.63) is 100 Å². The molecule has 43 heavy (non-hydrogen) atoms. The summed E-state index contributed by atoms with van der Waals surface area (Å²) in [5, 5.41) is 15.6. The van der Waals surface area contributed by atoms with Gasteiger partial charge in [-0.1, -0.05) is 24.3 Å². The molecular weight excluding hydrogens is 567 g/mol. The minimum atomic E-state index is -0.430. The van der Waals surface area contributed by atoms with Gasteiger partial charge in [0.25, 0.3) is 11.8 Å². The average molecular weight is 595 g/mol. The molecule has 10 heteroatoms. The van der Waals surface area contributed by atoms with Gasteiger partial charge < -0.3 is 14.8 Å². The van der Waals surface area contributed by atoms with Crippen LogP contribution in [0.3, 0.4) is 0 Å². The van der Waals surface area contributed by atoms with Crippen molar-refractivity contribution in [2.45, 2.75) is 13.0 Å². The second-order valence-electron chi connectivity index (χ2n) is 10.4. The number of nitrogens with zero attached hydrogens (tertiary/aromatic N) is 3. The maximum atomic E-state index is 14.3. The molecule has 2 aliphatic heterocycles. The summed E-state index contributed by atoms with van der Waals surface area (Å²) in [5.41, 5.74) is 6.55. The van der Waals surface area contributed by atoms with Gasteiger partial charge in [0, 0.05) is 29.1 Å². The Morgan fingerprint density at radius 1 is 0.860 bits per heavy atom. The van der Waals surface area contributed by atoms with Gasteiger partial charge in [-0.2, -0.15) is 0 Å². The van der Waals surface area contributed by atoms with Gasteiger partial charge in [0.05, 0.1) is 35.6 Å². The quantitative estimate of drug-likeness (QED) is 0.178. The summed E-state index contributed by atoms with van der Waals surface area (Å²) in [7, 11) is 0. The lowest BCUT2D eigenvalue weighted by molar-refractivity contribution is 0.0528. The molecule has 1 N–H and O–H groups in total. The van der Waals surface area contributed by atoms with Crippen molar-refractivity contribution in [3.63, 3.8) is 0 Å². The number of hydrogen-bond acceptors (Lipinski definition) is 8. The highest BCUT2D eigenvalue weighted by molar-refractivity contribution is 7.17. The molecule has 0 radical (unpaired) electrons. The van der Waals surface area contributed by atoms with E-state index in [1.54, 1.807) is 41.7 Å². The molecule has 5 aromatic rings. The Bertz CT molecular complexity index is 1840. The third kappa shape index (κ3) is 5.18. The van der Waals surface area contributed by atoms with E-state index in [0.717, 1.165) is 40.9 Å². The standard InChI is InChI=1S/C33H27FN4O4S/c34-23-7-8-26(28(18-23)42-15-14-41-13-12-38-32(39)24-3-1-2-4-25(24)33(38)40)30-31-27(10-16-43-31)29(36-37-30)21-5-6-22-19-35-11-9-20(22)17-21/h1-8,10,16-18,35H,9,11-15,19H2. The van der Waals surface area contributed by atoms with Gasteiger partial charge in [-0.05, 0) is 65.9 Å². The number of imide groups is 1. The van der Waals surface area contributed by atoms with Crippen LogP contribution in [0.15, 0.2) is 72.1 Å². The smallest absolute Gasteiger partial charge is 0.261 e. The zero-order valence-electron chi connectivity index (χ0n) is 23.1. The zero-order chi connectivity index (χ0) is 29.3. The van der Waals surface area contributed by atoms with Crippen LogP contribution in [0.1, 0.15) is 31.8 Å². The van der Waals surface area contributed by atoms with E-state index in [4.69, 9.17) is 9.47 Å². The number of nitrogens with one attached hydrogen (secondary N) is 1. The van der Waals surface area contributed by atoms with Crippen LogP contribution in [0, 0.1) is 5.82 Å². The zero-order valence-corrected chi connectivity index (χ0v) is 24.0. The molecule has 0 fully saturated rings. The molecule has 0 saturated heterocycles. The summed E-state index contributed by atoms with van der Waals surface area (Å²) in [4.78, 5) is 26.2. The van der Waals surface area contributed by atoms with Gasteiger partial charge in [-0.15, -0.1) is 21.5 Å². The van der Waals surface area contributed by atoms with Crippen LogP contribution in [-0.2, 0) is 17.7 Å². The van der Waals surface area contributed by atoms with Crippen molar-refractivity contribution in [1.82, 2.24) is 20.4 Å². The molecule has 0 saturated carbocycles. The molecule has 3 aromatic carbocycles. The molecule has 0 bridgehead atoms. The Kier molecular flexibility index (Phi) is 7.40. The molecule has 216 valence electrons. The van der Waals surface area contributed by atoms with E-state index in [1.807, 2.05) is 11.4 Å². The number of benzene rings is 3. The van der Waals surface area contributed by atoms with E-state index in [1.165, 1.54) is 28.2 Å². The highest BCUT2D eigenvalue weighted by Crippen LogP contribution is 2.39. The SMILES string of the molecule is O=C1c2ccccc2C(=O)N1CCOCCOc1cc(F)ccc1-c1nnc(-c2ccc3c(c2)CCNC3)c2ccsc12. The Morgan fingerprint density at radius 2 is 1.67 bits per heavy atom. The minimum absolute atomic E-state index is 0.136. The van der Waals surface area contributed by atoms with Crippen molar-refractivity contribution in [1.29, 1.82) is 0 Å². The average Bonchev–Trinajstić information content (AvgIpc) is 3.62. The maximum Gasteiger partial charge on any atom is 0.261 e. The van der Waals surface area contributed by atoms with Crippen LogP contribution < -0.4 is 10.1 Å². The highest BCUT2D eigenvalue weighted by Gasteiger charge is 2.34. The van der Waals surface area contributed by atoms with Gasteiger partial charge >= 0.3 is 0 Å². The molecule has 0 spiro atoms. The third-order valence-corrected chi connectivity index (χ3v) is 8.69. The monoisotopic (exact) mass is 594 g/mol. The second-order valence-corrected chi connectivity index (χ2v) is 11.3. The molecule has 2 aromatic heterocycles. The van der Waals surface area contributed by atoms with Crippen LogP contribution in [0.25, 0.3) is 32.6 Å². The number of carbonyl (C=O) groups is 2. The predicted octanol–water partition coefficient (Wildman–Crippen LogP) is 5.50. The molecule has 0 atom stereocenters. The fourth-order valence-corrected chi connectivity index (χ4v) is 6.51. The van der Waals surface area contributed by atoms with Crippen molar-refractivity contribution < 1.29 is 23.5 Å². The molecule has 4 heterocycles. The number of thiophene rings is 1. The fourth-order valence-electron chi connectivity index (χ4n) is 5.61. The van der Waals surface area contributed by atoms with Crippen molar-refractivity contribution >= 4 is 33.2 Å². The van der Waals surface area contributed by atoms with E-state index in [0.29, 0.717) is 28.1 Å². The Balaban J connectivity index is 1.04. The third-order valence-electron chi connectivity index (χ3n) is 7.77.